The number of nitrogens with zero attached hydrogens (tertiary/aromatic N) is 4. The Labute approximate surface area is 237 Å². The highest BCUT2D eigenvalue weighted by Gasteiger charge is 2.16. The normalized spacial score (nSPS) is 10.9. The second kappa shape index (κ2) is 13.2. The van der Waals surface area contributed by atoms with Crippen molar-refractivity contribution in [2.24, 2.45) is 0 Å². The third-order valence-corrected chi connectivity index (χ3v) is 6.19. The van der Waals surface area contributed by atoms with E-state index in [0.29, 0.717) is 74.7 Å². The number of aromatic nitrogens is 2. The fraction of sp³-hybridized carbons (Fsp3) is 0.310. The number of oxazole rings is 1. The Bertz CT molecular complexity index is 1550. The van der Waals surface area contributed by atoms with Crippen LogP contribution in [0.4, 0.5) is 17.1 Å². The first-order valence-electron chi connectivity index (χ1n) is 12.8. The molecule has 0 atom stereocenters. The van der Waals surface area contributed by atoms with Gasteiger partial charge in [-0.2, -0.15) is 5.26 Å². The van der Waals surface area contributed by atoms with Gasteiger partial charge >= 0.3 is 0 Å². The highest BCUT2D eigenvalue weighted by atomic mass is 35.5. The molecular weight excluding hydrogens is 532 g/mol. The van der Waals surface area contributed by atoms with Crippen LogP contribution in [0.25, 0.3) is 10.9 Å². The maximum Gasteiger partial charge on any atom is 0.232 e. The molecule has 0 aliphatic carbocycles. The molecule has 0 aliphatic heterocycles. The van der Waals surface area contributed by atoms with E-state index in [1.165, 1.54) is 6.20 Å². The Kier molecular flexibility index (Phi) is 9.43. The minimum atomic E-state index is -0.122. The molecule has 2 aromatic heterocycles. The average molecular weight is 563 g/mol. The van der Waals surface area contributed by atoms with Gasteiger partial charge in [0, 0.05) is 29.8 Å². The molecule has 0 unspecified atom stereocenters. The smallest absolute Gasteiger partial charge is 0.232 e. The number of hydrogen-bond donors (Lipinski definition) is 2. The van der Waals surface area contributed by atoms with Gasteiger partial charge in [0.1, 0.15) is 23.3 Å². The number of halogens is 1. The van der Waals surface area contributed by atoms with E-state index >= 15 is 0 Å². The molecule has 0 spiro atoms. The van der Waals surface area contributed by atoms with Crippen molar-refractivity contribution in [3.05, 3.63) is 65.0 Å². The van der Waals surface area contributed by atoms with E-state index in [1.807, 2.05) is 32.8 Å². The van der Waals surface area contributed by atoms with Crippen LogP contribution in [0.2, 0.25) is 5.02 Å². The van der Waals surface area contributed by atoms with Crippen molar-refractivity contribution >= 4 is 45.5 Å². The summed E-state index contributed by atoms with van der Waals surface area (Å²) >= 11 is 6.50. The van der Waals surface area contributed by atoms with Crippen molar-refractivity contribution in [2.45, 2.75) is 33.3 Å². The predicted octanol–water partition coefficient (Wildman–Crippen LogP) is 6.06. The SMILES string of the molecule is CCOc1cc2ncc(C#N)c(Nc3ccc(OCc4ncc(C)o4)c(Cl)c3)c2cc1NC(=O)CCCN(C)C. The molecule has 10 nitrogen and oxygen atoms in total. The Morgan fingerprint density at radius 3 is 2.65 bits per heavy atom. The molecule has 40 heavy (non-hydrogen) atoms. The van der Waals surface area contributed by atoms with Crippen molar-refractivity contribution in [3.63, 3.8) is 0 Å². The van der Waals surface area contributed by atoms with Crippen LogP contribution in [0, 0.1) is 18.3 Å². The molecule has 0 bridgehead atoms. The summed E-state index contributed by atoms with van der Waals surface area (Å²) in [4.78, 5) is 23.3. The Morgan fingerprint density at radius 1 is 1.15 bits per heavy atom. The van der Waals surface area contributed by atoms with Gasteiger partial charge in [0.15, 0.2) is 6.61 Å². The van der Waals surface area contributed by atoms with Gasteiger partial charge in [-0.05, 0) is 65.2 Å². The van der Waals surface area contributed by atoms with Crippen LogP contribution in [0.5, 0.6) is 11.5 Å². The monoisotopic (exact) mass is 562 g/mol. The topological polar surface area (TPSA) is 126 Å². The van der Waals surface area contributed by atoms with Gasteiger partial charge in [-0.3, -0.25) is 9.78 Å². The Hall–Kier alpha value is -4.33. The minimum Gasteiger partial charge on any atom is -0.492 e. The van der Waals surface area contributed by atoms with Crippen LogP contribution >= 0.6 is 11.6 Å². The first-order chi connectivity index (χ1) is 19.3. The zero-order chi connectivity index (χ0) is 28.6. The number of nitrogens with one attached hydrogen (secondary N) is 2. The Morgan fingerprint density at radius 2 is 1.98 bits per heavy atom. The molecule has 2 aromatic carbocycles. The second-order valence-corrected chi connectivity index (χ2v) is 9.74. The van der Waals surface area contributed by atoms with Crippen LogP contribution in [0.3, 0.4) is 0 Å². The molecule has 0 saturated carbocycles. The Balaban J connectivity index is 1.62. The molecule has 0 saturated heterocycles. The van der Waals surface area contributed by atoms with Gasteiger partial charge in [0.25, 0.3) is 0 Å². The van der Waals surface area contributed by atoms with Crippen molar-refractivity contribution in [3.8, 4) is 17.6 Å². The molecule has 208 valence electrons. The van der Waals surface area contributed by atoms with E-state index in [0.717, 1.165) is 13.0 Å². The number of nitriles is 1. The fourth-order valence-corrected chi connectivity index (χ4v) is 4.26. The van der Waals surface area contributed by atoms with Gasteiger partial charge in [0.2, 0.25) is 11.8 Å². The van der Waals surface area contributed by atoms with E-state index < -0.39 is 0 Å². The largest absolute Gasteiger partial charge is 0.492 e. The number of benzene rings is 2. The van der Waals surface area contributed by atoms with Crippen molar-refractivity contribution in [1.29, 1.82) is 5.26 Å². The van der Waals surface area contributed by atoms with E-state index in [-0.39, 0.29) is 12.5 Å². The minimum absolute atomic E-state index is 0.122. The van der Waals surface area contributed by atoms with Crippen LogP contribution in [-0.4, -0.2) is 48.0 Å². The lowest BCUT2D eigenvalue weighted by atomic mass is 10.1. The van der Waals surface area contributed by atoms with Gasteiger partial charge in [-0.25, -0.2) is 4.98 Å². The third kappa shape index (κ3) is 7.20. The van der Waals surface area contributed by atoms with E-state index in [4.69, 9.17) is 25.5 Å². The summed E-state index contributed by atoms with van der Waals surface area (Å²) in [6.45, 7) is 5.04. The predicted molar refractivity (Wildman–Crippen MR) is 154 cm³/mol. The molecule has 0 fully saturated rings. The zero-order valence-electron chi connectivity index (χ0n) is 22.9. The second-order valence-electron chi connectivity index (χ2n) is 9.34. The summed E-state index contributed by atoms with van der Waals surface area (Å²) in [7, 11) is 3.94. The van der Waals surface area contributed by atoms with E-state index in [1.54, 1.807) is 36.5 Å². The first kappa shape index (κ1) is 28.7. The standard InChI is InChI=1S/C29H31ClN6O4/c1-5-38-26-13-23-21(12-24(26)35-27(37)7-6-10-36(3)4)29(19(14-31)16-32-23)34-20-8-9-25(22(30)11-20)39-17-28-33-15-18(2)40-28/h8-9,11-13,15-16H,5-7,10,17H2,1-4H3,(H,32,34)(H,35,37). The molecular formula is C29H31ClN6O4. The summed E-state index contributed by atoms with van der Waals surface area (Å²) in [5, 5.41) is 17.1. The average Bonchev–Trinajstić information content (AvgIpc) is 3.33. The lowest BCUT2D eigenvalue weighted by Crippen LogP contribution is -2.17. The van der Waals surface area contributed by atoms with Crippen molar-refractivity contribution in [1.82, 2.24) is 14.9 Å². The maximum atomic E-state index is 12.7. The first-order valence-corrected chi connectivity index (χ1v) is 13.2. The van der Waals surface area contributed by atoms with Crippen LogP contribution < -0.4 is 20.1 Å². The van der Waals surface area contributed by atoms with Gasteiger partial charge in [-0.1, -0.05) is 11.6 Å². The van der Waals surface area contributed by atoms with Gasteiger partial charge in [-0.15, -0.1) is 0 Å². The molecule has 2 heterocycles. The molecule has 4 rings (SSSR count). The summed E-state index contributed by atoms with van der Waals surface area (Å²) in [6.07, 6.45) is 4.21. The summed E-state index contributed by atoms with van der Waals surface area (Å²) in [5.41, 5.74) is 2.60. The number of rotatable bonds is 12. The summed E-state index contributed by atoms with van der Waals surface area (Å²) < 4.78 is 17.0. The van der Waals surface area contributed by atoms with Gasteiger partial charge in [0.05, 0.1) is 40.3 Å². The van der Waals surface area contributed by atoms with Crippen LogP contribution in [-0.2, 0) is 11.4 Å². The lowest BCUT2D eigenvalue weighted by Gasteiger charge is -2.17. The number of fused-ring (bicyclic) bond motifs is 1. The molecule has 1 amide bonds. The van der Waals surface area contributed by atoms with Crippen molar-refractivity contribution < 1.29 is 18.7 Å². The number of hydrogen-bond acceptors (Lipinski definition) is 9. The quantitative estimate of drug-likeness (QED) is 0.212. The van der Waals surface area contributed by atoms with Crippen molar-refractivity contribution in [2.75, 3.05) is 37.9 Å². The number of carbonyl (C=O) groups excluding carboxylic acids is 1. The number of ether oxygens (including phenoxy) is 2. The van der Waals surface area contributed by atoms with Gasteiger partial charge < -0.3 is 29.4 Å². The zero-order valence-corrected chi connectivity index (χ0v) is 23.6. The highest BCUT2D eigenvalue weighted by Crippen LogP contribution is 2.37. The number of anilines is 3. The molecule has 0 aliphatic rings. The molecule has 4 aromatic rings. The lowest BCUT2D eigenvalue weighted by molar-refractivity contribution is -0.116. The molecule has 2 N–H and O–H groups in total. The summed E-state index contributed by atoms with van der Waals surface area (Å²) in [5.74, 6) is 1.99. The number of amides is 1. The number of aryl methyl sites for hydroxylation is 1. The highest BCUT2D eigenvalue weighted by molar-refractivity contribution is 6.32. The number of carbonyl (C=O) groups is 1. The fourth-order valence-electron chi connectivity index (χ4n) is 4.03. The van der Waals surface area contributed by atoms with E-state index in [9.17, 15) is 10.1 Å². The molecule has 11 heteroatoms. The summed E-state index contributed by atoms with van der Waals surface area (Å²) in [6, 6.07) is 10.9. The van der Waals surface area contributed by atoms with E-state index in [2.05, 4.69) is 26.7 Å². The van der Waals surface area contributed by atoms with Crippen LogP contribution in [0.15, 0.2) is 47.1 Å². The number of pyridine rings is 1. The van der Waals surface area contributed by atoms with Crippen LogP contribution in [0.1, 0.15) is 37.0 Å². The maximum absolute atomic E-state index is 12.7. The molecule has 0 radical (unpaired) electrons. The third-order valence-electron chi connectivity index (χ3n) is 5.89.